The van der Waals surface area contributed by atoms with Gasteiger partial charge in [0.05, 0.1) is 6.10 Å². The fourth-order valence-electron chi connectivity index (χ4n) is 1.21. The van der Waals surface area contributed by atoms with Crippen molar-refractivity contribution in [1.29, 1.82) is 0 Å². The zero-order chi connectivity index (χ0) is 8.27. The van der Waals surface area contributed by atoms with Crippen LogP contribution >= 0.6 is 0 Å². The summed E-state index contributed by atoms with van der Waals surface area (Å²) in [7, 11) is 0. The number of carboxylic acids is 1. The Morgan fingerprint density at radius 2 is 2.36 bits per heavy atom. The van der Waals surface area contributed by atoms with E-state index >= 15 is 0 Å². The van der Waals surface area contributed by atoms with Crippen LogP contribution in [0.3, 0.4) is 0 Å². The van der Waals surface area contributed by atoms with Gasteiger partial charge in [-0.15, -0.1) is 0 Å². The molecule has 2 atom stereocenters. The quantitative estimate of drug-likeness (QED) is 0.593. The van der Waals surface area contributed by atoms with Crippen LogP contribution in [0.5, 0.6) is 0 Å². The molecule has 0 bridgehead atoms. The number of hydrogen-bond donors (Lipinski definition) is 2. The largest absolute Gasteiger partial charge is 0.480 e. The fourth-order valence-corrected chi connectivity index (χ4v) is 1.21. The number of hydrogen-bond acceptors (Lipinski definition) is 3. The molecule has 4 heteroatoms. The molecule has 1 rings (SSSR count). The number of nitrogens with two attached hydrogens (primary N) is 1. The molecule has 1 fully saturated rings. The lowest BCUT2D eigenvalue weighted by atomic mass is 10.0. The Labute approximate surface area is 65.3 Å². The van der Waals surface area contributed by atoms with Crippen molar-refractivity contribution in [2.75, 3.05) is 6.61 Å². The third-order valence-corrected chi connectivity index (χ3v) is 1.90. The number of ether oxygens (including phenoxy) is 1. The number of rotatable bonds is 2. The predicted molar refractivity (Wildman–Crippen MR) is 39.2 cm³/mol. The molecule has 0 unspecified atom stereocenters. The highest BCUT2D eigenvalue weighted by Gasteiger charge is 2.26. The third kappa shape index (κ3) is 2.17. The second-order valence-electron chi connectivity index (χ2n) is 2.77. The van der Waals surface area contributed by atoms with E-state index in [-0.39, 0.29) is 6.10 Å². The van der Waals surface area contributed by atoms with Crippen LogP contribution in [0.25, 0.3) is 0 Å². The SMILES string of the molecule is N[C@H](C(=O)O)[C@H]1CCCCO1. The molecule has 0 aliphatic carbocycles. The van der Waals surface area contributed by atoms with Crippen molar-refractivity contribution in [3.8, 4) is 0 Å². The molecule has 1 saturated heterocycles. The Kier molecular flexibility index (Phi) is 2.84. The van der Waals surface area contributed by atoms with Crippen LogP contribution in [0.4, 0.5) is 0 Å². The predicted octanol–water partition coefficient (Wildman–Crippen LogP) is -0.0326. The van der Waals surface area contributed by atoms with Gasteiger partial charge in [0, 0.05) is 6.61 Å². The van der Waals surface area contributed by atoms with Crippen LogP contribution in [0.2, 0.25) is 0 Å². The van der Waals surface area contributed by atoms with E-state index in [4.69, 9.17) is 15.6 Å². The van der Waals surface area contributed by atoms with E-state index in [2.05, 4.69) is 0 Å². The molecular formula is C7H13NO3. The van der Waals surface area contributed by atoms with Gasteiger partial charge in [0.25, 0.3) is 0 Å². The molecule has 3 N–H and O–H groups in total. The van der Waals surface area contributed by atoms with Gasteiger partial charge in [-0.05, 0) is 19.3 Å². The van der Waals surface area contributed by atoms with Gasteiger partial charge in [-0.2, -0.15) is 0 Å². The Morgan fingerprint density at radius 3 is 2.82 bits per heavy atom. The van der Waals surface area contributed by atoms with Crippen LogP contribution in [0, 0.1) is 0 Å². The van der Waals surface area contributed by atoms with Crippen molar-refractivity contribution in [2.24, 2.45) is 5.73 Å². The second-order valence-corrected chi connectivity index (χ2v) is 2.77. The molecule has 1 aliphatic heterocycles. The molecular weight excluding hydrogens is 146 g/mol. The molecule has 0 spiro atoms. The van der Waals surface area contributed by atoms with Gasteiger partial charge in [0.15, 0.2) is 0 Å². The topological polar surface area (TPSA) is 72.6 Å². The summed E-state index contributed by atoms with van der Waals surface area (Å²) < 4.78 is 5.20. The van der Waals surface area contributed by atoms with Crippen molar-refractivity contribution in [2.45, 2.75) is 31.4 Å². The van der Waals surface area contributed by atoms with E-state index in [1.54, 1.807) is 0 Å². The minimum absolute atomic E-state index is 0.277. The minimum Gasteiger partial charge on any atom is -0.480 e. The molecule has 0 aromatic rings. The number of carboxylic acid groups (broad SMARTS) is 1. The number of carbonyl (C=O) groups is 1. The maximum absolute atomic E-state index is 10.4. The highest BCUT2D eigenvalue weighted by Crippen LogP contribution is 2.14. The lowest BCUT2D eigenvalue weighted by molar-refractivity contribution is -0.143. The molecule has 0 saturated carbocycles. The summed E-state index contributed by atoms with van der Waals surface area (Å²) in [6, 6.07) is -0.852. The first-order chi connectivity index (χ1) is 5.22. The van der Waals surface area contributed by atoms with Gasteiger partial charge in [0.1, 0.15) is 6.04 Å². The van der Waals surface area contributed by atoms with Crippen molar-refractivity contribution in [3.63, 3.8) is 0 Å². The summed E-state index contributed by atoms with van der Waals surface area (Å²) in [4.78, 5) is 10.4. The van der Waals surface area contributed by atoms with E-state index < -0.39 is 12.0 Å². The first-order valence-electron chi connectivity index (χ1n) is 3.82. The van der Waals surface area contributed by atoms with Crippen molar-refractivity contribution in [3.05, 3.63) is 0 Å². The average molecular weight is 159 g/mol. The lowest BCUT2D eigenvalue weighted by Gasteiger charge is -2.25. The Morgan fingerprint density at radius 1 is 1.64 bits per heavy atom. The van der Waals surface area contributed by atoms with Gasteiger partial charge in [-0.1, -0.05) is 0 Å². The minimum atomic E-state index is -0.975. The summed E-state index contributed by atoms with van der Waals surface area (Å²) in [5, 5.41) is 8.53. The highest BCUT2D eigenvalue weighted by molar-refractivity contribution is 5.73. The van der Waals surface area contributed by atoms with Crippen LogP contribution in [-0.4, -0.2) is 29.8 Å². The van der Waals surface area contributed by atoms with Gasteiger partial charge < -0.3 is 15.6 Å². The fraction of sp³-hybridized carbons (Fsp3) is 0.857. The van der Waals surface area contributed by atoms with E-state index in [9.17, 15) is 4.79 Å². The molecule has 0 amide bonds. The van der Waals surface area contributed by atoms with Gasteiger partial charge in [0.2, 0.25) is 0 Å². The van der Waals surface area contributed by atoms with Crippen LogP contribution in [-0.2, 0) is 9.53 Å². The van der Waals surface area contributed by atoms with E-state index in [0.29, 0.717) is 6.61 Å². The standard InChI is InChI=1S/C7H13NO3/c8-6(7(9)10)5-3-1-2-4-11-5/h5-6H,1-4,8H2,(H,9,10)/t5-,6+/m1/s1. The van der Waals surface area contributed by atoms with Crippen molar-refractivity contribution >= 4 is 5.97 Å². The Balaban J connectivity index is 2.38. The van der Waals surface area contributed by atoms with Crippen LogP contribution < -0.4 is 5.73 Å². The van der Waals surface area contributed by atoms with Gasteiger partial charge in [-0.25, -0.2) is 0 Å². The first kappa shape index (κ1) is 8.49. The molecule has 64 valence electrons. The first-order valence-corrected chi connectivity index (χ1v) is 3.82. The molecule has 1 aliphatic rings. The molecule has 1 heterocycles. The van der Waals surface area contributed by atoms with E-state index in [1.807, 2.05) is 0 Å². The van der Waals surface area contributed by atoms with Crippen LogP contribution in [0.1, 0.15) is 19.3 Å². The average Bonchev–Trinajstić information content (AvgIpc) is 2.05. The summed E-state index contributed by atoms with van der Waals surface area (Å²) >= 11 is 0. The highest BCUT2D eigenvalue weighted by atomic mass is 16.5. The summed E-state index contributed by atoms with van der Waals surface area (Å²) in [5.41, 5.74) is 5.37. The maximum atomic E-state index is 10.4. The Hall–Kier alpha value is -0.610. The lowest BCUT2D eigenvalue weighted by Crippen LogP contribution is -2.44. The maximum Gasteiger partial charge on any atom is 0.323 e. The zero-order valence-electron chi connectivity index (χ0n) is 6.32. The summed E-state index contributed by atoms with van der Waals surface area (Å²) in [6.45, 7) is 0.644. The molecule has 11 heavy (non-hydrogen) atoms. The normalized spacial score (nSPS) is 27.9. The molecule has 0 radical (unpaired) electrons. The van der Waals surface area contributed by atoms with E-state index in [1.165, 1.54) is 0 Å². The van der Waals surface area contributed by atoms with Gasteiger partial charge >= 0.3 is 5.97 Å². The second kappa shape index (κ2) is 3.69. The van der Waals surface area contributed by atoms with Gasteiger partial charge in [-0.3, -0.25) is 4.79 Å². The summed E-state index contributed by atoms with van der Waals surface area (Å²) in [6.07, 6.45) is 2.53. The molecule has 0 aromatic carbocycles. The smallest absolute Gasteiger partial charge is 0.323 e. The van der Waals surface area contributed by atoms with Crippen molar-refractivity contribution in [1.82, 2.24) is 0 Å². The van der Waals surface area contributed by atoms with Crippen LogP contribution in [0.15, 0.2) is 0 Å². The number of aliphatic carboxylic acids is 1. The van der Waals surface area contributed by atoms with E-state index in [0.717, 1.165) is 19.3 Å². The molecule has 4 nitrogen and oxygen atoms in total. The molecule has 0 aromatic heterocycles. The van der Waals surface area contributed by atoms with Crippen molar-refractivity contribution < 1.29 is 14.6 Å². The third-order valence-electron chi connectivity index (χ3n) is 1.90. The monoisotopic (exact) mass is 159 g/mol. The summed E-state index contributed by atoms with van der Waals surface area (Å²) in [5.74, 6) is -0.975. The Bertz CT molecular complexity index is 143. The zero-order valence-corrected chi connectivity index (χ0v) is 6.32.